The van der Waals surface area contributed by atoms with E-state index in [4.69, 9.17) is 0 Å². The molecule has 0 aliphatic carbocycles. The van der Waals surface area contributed by atoms with E-state index in [9.17, 15) is 9.59 Å². The predicted molar refractivity (Wildman–Crippen MR) is 98.8 cm³/mol. The van der Waals surface area contributed by atoms with Crippen molar-refractivity contribution in [1.82, 2.24) is 18.7 Å². The fourth-order valence-corrected chi connectivity index (χ4v) is 2.47. The number of rotatable bonds is 4. The second-order valence-corrected chi connectivity index (χ2v) is 5.53. The number of hydrogen-bond donors (Lipinski definition) is 1. The lowest BCUT2D eigenvalue weighted by Crippen LogP contribution is -2.37. The van der Waals surface area contributed by atoms with Gasteiger partial charge in [0.25, 0.3) is 5.56 Å². The Kier molecular flexibility index (Phi) is 4.34. The van der Waals surface area contributed by atoms with Gasteiger partial charge in [-0.2, -0.15) is 10.1 Å². The van der Waals surface area contributed by atoms with Gasteiger partial charge in [-0.15, -0.1) is 0 Å². The van der Waals surface area contributed by atoms with E-state index in [1.54, 1.807) is 31.0 Å². The van der Waals surface area contributed by atoms with Crippen molar-refractivity contribution >= 4 is 29.4 Å². The zero-order valence-corrected chi connectivity index (χ0v) is 14.2. The largest absolute Gasteiger partial charge is 0.332 e. The van der Waals surface area contributed by atoms with Gasteiger partial charge in [0, 0.05) is 27.4 Å². The first kappa shape index (κ1) is 16.4. The Morgan fingerprint density at radius 1 is 1.04 bits per heavy atom. The van der Waals surface area contributed by atoms with E-state index in [1.807, 2.05) is 36.4 Å². The maximum absolute atomic E-state index is 12.3. The Morgan fingerprint density at radius 2 is 1.76 bits per heavy atom. The molecule has 128 valence electrons. The van der Waals surface area contributed by atoms with E-state index in [-0.39, 0.29) is 0 Å². The summed E-state index contributed by atoms with van der Waals surface area (Å²) in [7, 11) is 4.71. The highest BCUT2D eigenvalue weighted by atomic mass is 16.2. The first-order valence-corrected chi connectivity index (χ1v) is 7.64. The molecule has 0 aliphatic rings. The number of hydrogen-bond acceptors (Lipinski definition) is 5. The average Bonchev–Trinajstić information content (AvgIpc) is 2.95. The van der Waals surface area contributed by atoms with Crippen LogP contribution in [0.15, 0.2) is 51.1 Å². The summed E-state index contributed by atoms with van der Waals surface area (Å²) in [5.74, 6) is 0.373. The summed E-state index contributed by atoms with van der Waals surface area (Å²) in [6, 6.07) is 9.84. The number of hydrazone groups is 1. The van der Waals surface area contributed by atoms with E-state index in [0.29, 0.717) is 17.1 Å². The van der Waals surface area contributed by atoms with Crippen molar-refractivity contribution in [1.29, 1.82) is 0 Å². The molecule has 8 nitrogen and oxygen atoms in total. The molecule has 1 aromatic carbocycles. The summed E-state index contributed by atoms with van der Waals surface area (Å²) in [4.78, 5) is 28.5. The van der Waals surface area contributed by atoms with Crippen molar-refractivity contribution in [3.63, 3.8) is 0 Å². The molecule has 3 aromatic rings. The molecule has 25 heavy (non-hydrogen) atoms. The number of nitrogens with zero attached hydrogens (tertiary/aromatic N) is 5. The number of fused-ring (bicyclic) bond motifs is 1. The Morgan fingerprint density at radius 3 is 2.48 bits per heavy atom. The van der Waals surface area contributed by atoms with Crippen molar-refractivity contribution in [2.75, 3.05) is 5.43 Å². The quantitative estimate of drug-likeness (QED) is 0.570. The minimum Gasteiger partial charge on any atom is -0.306 e. The predicted octanol–water partition coefficient (Wildman–Crippen LogP) is 1.08. The normalized spacial score (nSPS) is 11.8. The van der Waals surface area contributed by atoms with Crippen LogP contribution in [0.25, 0.3) is 17.2 Å². The highest BCUT2D eigenvalue weighted by Gasteiger charge is 2.16. The Bertz CT molecular complexity index is 1090. The third-order valence-corrected chi connectivity index (χ3v) is 3.89. The Hall–Kier alpha value is -3.42. The Labute approximate surface area is 143 Å². The summed E-state index contributed by atoms with van der Waals surface area (Å²) >= 11 is 0. The summed E-state index contributed by atoms with van der Waals surface area (Å²) < 4.78 is 3.97. The molecule has 0 fully saturated rings. The second-order valence-electron chi connectivity index (χ2n) is 5.53. The Balaban J connectivity index is 1.87. The lowest BCUT2D eigenvalue weighted by atomic mass is 10.2. The van der Waals surface area contributed by atoms with Gasteiger partial charge in [0.1, 0.15) is 0 Å². The molecular weight excluding hydrogens is 320 g/mol. The van der Waals surface area contributed by atoms with Crippen LogP contribution in [0.1, 0.15) is 5.56 Å². The van der Waals surface area contributed by atoms with Crippen LogP contribution < -0.4 is 16.7 Å². The molecule has 2 aromatic heterocycles. The molecule has 0 aliphatic heterocycles. The van der Waals surface area contributed by atoms with Crippen molar-refractivity contribution in [2.45, 2.75) is 0 Å². The summed E-state index contributed by atoms with van der Waals surface area (Å²) in [6.07, 6.45) is 5.29. The van der Waals surface area contributed by atoms with E-state index in [0.717, 1.165) is 10.1 Å². The third-order valence-electron chi connectivity index (χ3n) is 3.89. The van der Waals surface area contributed by atoms with Gasteiger partial charge in [0.2, 0.25) is 5.95 Å². The number of nitrogens with one attached hydrogen (secondary N) is 1. The molecule has 8 heteroatoms. The highest BCUT2D eigenvalue weighted by Crippen LogP contribution is 2.12. The number of aryl methyl sites for hydroxylation is 2. The first-order chi connectivity index (χ1) is 12.0. The van der Waals surface area contributed by atoms with Crippen LogP contribution in [-0.4, -0.2) is 24.9 Å². The van der Waals surface area contributed by atoms with Crippen LogP contribution in [0, 0.1) is 0 Å². The maximum Gasteiger partial charge on any atom is 0.332 e. The van der Waals surface area contributed by atoms with Gasteiger partial charge in [-0.1, -0.05) is 36.4 Å². The fourth-order valence-electron chi connectivity index (χ4n) is 2.47. The zero-order chi connectivity index (χ0) is 18.0. The minimum atomic E-state index is -0.420. The summed E-state index contributed by atoms with van der Waals surface area (Å²) in [5, 5.41) is 4.08. The van der Waals surface area contributed by atoms with Crippen LogP contribution in [0.2, 0.25) is 0 Å². The van der Waals surface area contributed by atoms with Gasteiger partial charge < -0.3 is 4.57 Å². The van der Waals surface area contributed by atoms with Crippen molar-refractivity contribution in [2.24, 2.45) is 26.2 Å². The zero-order valence-electron chi connectivity index (χ0n) is 14.2. The van der Waals surface area contributed by atoms with Crippen LogP contribution in [0.4, 0.5) is 5.95 Å². The molecular formula is C17H18N6O2. The van der Waals surface area contributed by atoms with Crippen molar-refractivity contribution < 1.29 is 0 Å². The van der Waals surface area contributed by atoms with Gasteiger partial charge in [0.15, 0.2) is 11.2 Å². The number of benzene rings is 1. The first-order valence-electron chi connectivity index (χ1n) is 7.64. The third kappa shape index (κ3) is 3.01. The van der Waals surface area contributed by atoms with Crippen LogP contribution in [0.5, 0.6) is 0 Å². The smallest absolute Gasteiger partial charge is 0.306 e. The van der Waals surface area contributed by atoms with E-state index in [1.165, 1.54) is 11.6 Å². The fraction of sp³-hybridized carbons (Fsp3) is 0.176. The SMILES string of the molecule is Cn1c(=O)c2c(nc(N/N=C\C=C\c3ccccc3)n2C)n(C)c1=O. The molecule has 0 atom stereocenters. The highest BCUT2D eigenvalue weighted by molar-refractivity contribution is 5.79. The van der Waals surface area contributed by atoms with Crippen molar-refractivity contribution in [3.05, 3.63) is 62.8 Å². The van der Waals surface area contributed by atoms with Crippen LogP contribution in [-0.2, 0) is 21.1 Å². The van der Waals surface area contributed by atoms with Gasteiger partial charge in [-0.3, -0.25) is 13.9 Å². The topological polar surface area (TPSA) is 86.2 Å². The summed E-state index contributed by atoms with van der Waals surface area (Å²) in [6.45, 7) is 0. The molecule has 0 radical (unpaired) electrons. The van der Waals surface area contributed by atoms with E-state index in [2.05, 4.69) is 15.5 Å². The standard InChI is InChI=1S/C17H18N6O2/c1-21-13-14(22(2)17(25)23(3)15(13)24)19-16(21)20-18-11-7-10-12-8-5-4-6-9-12/h4-11H,1-3H3,(H,19,20)/b10-7+,18-11-. The molecule has 0 spiro atoms. The number of aromatic nitrogens is 4. The lowest BCUT2D eigenvalue weighted by molar-refractivity contribution is 0.705. The van der Waals surface area contributed by atoms with Crippen LogP contribution in [0.3, 0.4) is 0 Å². The van der Waals surface area contributed by atoms with Gasteiger partial charge >= 0.3 is 5.69 Å². The lowest BCUT2D eigenvalue weighted by Gasteiger charge is -2.03. The molecule has 2 heterocycles. The van der Waals surface area contributed by atoms with Crippen LogP contribution >= 0.6 is 0 Å². The molecule has 0 saturated heterocycles. The molecule has 1 N–H and O–H groups in total. The van der Waals surface area contributed by atoms with Gasteiger partial charge in [0.05, 0.1) is 0 Å². The summed E-state index contributed by atoms with van der Waals surface area (Å²) in [5.41, 5.74) is 3.69. The van der Waals surface area contributed by atoms with Gasteiger partial charge in [-0.25, -0.2) is 10.2 Å². The number of allylic oxidation sites excluding steroid dienone is 1. The van der Waals surface area contributed by atoms with Gasteiger partial charge in [-0.05, 0) is 11.6 Å². The monoisotopic (exact) mass is 338 g/mol. The van der Waals surface area contributed by atoms with E-state index < -0.39 is 11.2 Å². The van der Waals surface area contributed by atoms with E-state index >= 15 is 0 Å². The molecule has 3 rings (SSSR count). The second kappa shape index (κ2) is 6.60. The maximum atomic E-state index is 12.3. The molecule has 0 amide bonds. The van der Waals surface area contributed by atoms with Crippen molar-refractivity contribution in [3.8, 4) is 0 Å². The molecule has 0 unspecified atom stereocenters. The molecule has 0 saturated carbocycles. The average molecular weight is 338 g/mol. The number of imidazole rings is 1. The minimum absolute atomic E-state index is 0.313. The molecule has 0 bridgehead atoms. The number of anilines is 1.